The number of halogens is 2. The Morgan fingerprint density at radius 1 is 1.32 bits per heavy atom. The molecule has 0 aromatic heterocycles. The molecular formula is C13H19F2N3O. The van der Waals surface area contributed by atoms with Crippen LogP contribution in [0.5, 0.6) is 0 Å². The molecule has 0 aliphatic carbocycles. The number of anilines is 1. The van der Waals surface area contributed by atoms with Crippen molar-refractivity contribution in [2.75, 3.05) is 18.0 Å². The average molecular weight is 271 g/mol. The summed E-state index contributed by atoms with van der Waals surface area (Å²) in [5.41, 5.74) is 5.28. The van der Waals surface area contributed by atoms with Crippen LogP contribution in [0.1, 0.15) is 32.3 Å². The molecule has 6 heteroatoms. The van der Waals surface area contributed by atoms with Crippen molar-refractivity contribution in [1.82, 2.24) is 0 Å². The zero-order valence-electron chi connectivity index (χ0n) is 11.2. The molecule has 1 aromatic rings. The number of nitrogens with two attached hydrogens (primary N) is 1. The predicted octanol–water partition coefficient (Wildman–Crippen LogP) is 2.69. The van der Waals surface area contributed by atoms with Crippen LogP contribution in [0.25, 0.3) is 0 Å². The normalized spacial score (nSPS) is 11.7. The molecule has 0 radical (unpaired) electrons. The van der Waals surface area contributed by atoms with E-state index in [2.05, 4.69) is 5.16 Å². The van der Waals surface area contributed by atoms with Gasteiger partial charge in [-0.25, -0.2) is 8.78 Å². The van der Waals surface area contributed by atoms with E-state index in [1.165, 1.54) is 0 Å². The van der Waals surface area contributed by atoms with Crippen molar-refractivity contribution >= 4 is 11.5 Å². The lowest BCUT2D eigenvalue weighted by atomic mass is 10.1. The van der Waals surface area contributed by atoms with Crippen molar-refractivity contribution in [3.63, 3.8) is 0 Å². The van der Waals surface area contributed by atoms with Gasteiger partial charge in [-0.1, -0.05) is 18.5 Å². The summed E-state index contributed by atoms with van der Waals surface area (Å²) in [4.78, 5) is 1.64. The third kappa shape index (κ3) is 3.56. The molecule has 0 heterocycles. The van der Waals surface area contributed by atoms with Crippen LogP contribution in [-0.4, -0.2) is 24.1 Å². The summed E-state index contributed by atoms with van der Waals surface area (Å²) < 4.78 is 28.0. The molecule has 19 heavy (non-hydrogen) atoms. The van der Waals surface area contributed by atoms with Gasteiger partial charge in [0.1, 0.15) is 17.3 Å². The maximum absolute atomic E-state index is 14.0. The van der Waals surface area contributed by atoms with E-state index in [-0.39, 0.29) is 17.1 Å². The first kappa shape index (κ1) is 15.2. The van der Waals surface area contributed by atoms with Crippen molar-refractivity contribution in [3.05, 3.63) is 29.3 Å². The van der Waals surface area contributed by atoms with Gasteiger partial charge in [-0.05, 0) is 25.5 Å². The first-order chi connectivity index (χ1) is 9.04. The summed E-state index contributed by atoms with van der Waals surface area (Å²) in [5, 5.41) is 11.3. The molecule has 0 aliphatic rings. The van der Waals surface area contributed by atoms with E-state index in [1.807, 2.05) is 13.8 Å². The predicted molar refractivity (Wildman–Crippen MR) is 71.7 cm³/mol. The number of benzene rings is 1. The number of nitrogens with zero attached hydrogens (tertiary/aromatic N) is 2. The second-order valence-electron chi connectivity index (χ2n) is 4.21. The van der Waals surface area contributed by atoms with Crippen molar-refractivity contribution in [3.8, 4) is 0 Å². The van der Waals surface area contributed by atoms with E-state index >= 15 is 0 Å². The molecule has 0 spiro atoms. The lowest BCUT2D eigenvalue weighted by molar-refractivity contribution is 0.318. The lowest BCUT2D eigenvalue weighted by Gasteiger charge is -2.24. The van der Waals surface area contributed by atoms with E-state index in [1.54, 1.807) is 4.90 Å². The van der Waals surface area contributed by atoms with Crippen LogP contribution < -0.4 is 10.6 Å². The van der Waals surface area contributed by atoms with Gasteiger partial charge in [0.15, 0.2) is 5.84 Å². The van der Waals surface area contributed by atoms with Crippen molar-refractivity contribution < 1.29 is 14.0 Å². The second-order valence-corrected chi connectivity index (χ2v) is 4.21. The van der Waals surface area contributed by atoms with E-state index in [4.69, 9.17) is 10.9 Å². The van der Waals surface area contributed by atoms with Gasteiger partial charge < -0.3 is 15.8 Å². The van der Waals surface area contributed by atoms with Crippen LogP contribution in [0.2, 0.25) is 0 Å². The fourth-order valence-corrected chi connectivity index (χ4v) is 1.85. The highest BCUT2D eigenvalue weighted by molar-refractivity contribution is 5.97. The minimum Gasteiger partial charge on any atom is -0.409 e. The van der Waals surface area contributed by atoms with Crippen LogP contribution in [0.4, 0.5) is 14.5 Å². The van der Waals surface area contributed by atoms with Gasteiger partial charge in [-0.2, -0.15) is 0 Å². The standard InChI is InChI=1S/C13H19F2N3O/c1-3-5-6-18(4-2)12-10(14)7-9(8-11(12)15)13(16)17-19/h7-8,19H,3-6H2,1-2H3,(H2,16,17). The van der Waals surface area contributed by atoms with Crippen LogP contribution in [0.15, 0.2) is 17.3 Å². The minimum absolute atomic E-state index is 0.0211. The zero-order valence-corrected chi connectivity index (χ0v) is 11.2. The van der Waals surface area contributed by atoms with Crippen LogP contribution in [0.3, 0.4) is 0 Å². The molecule has 0 unspecified atom stereocenters. The number of amidine groups is 1. The Bertz CT molecular complexity index is 440. The monoisotopic (exact) mass is 271 g/mol. The highest BCUT2D eigenvalue weighted by Crippen LogP contribution is 2.25. The minimum atomic E-state index is -0.709. The third-order valence-corrected chi connectivity index (χ3v) is 2.90. The fraction of sp³-hybridized carbons (Fsp3) is 0.462. The molecule has 0 saturated heterocycles. The van der Waals surface area contributed by atoms with Crippen LogP contribution in [-0.2, 0) is 0 Å². The van der Waals surface area contributed by atoms with Crippen molar-refractivity contribution in [2.24, 2.45) is 10.9 Å². The maximum Gasteiger partial charge on any atom is 0.170 e. The van der Waals surface area contributed by atoms with E-state index < -0.39 is 11.6 Å². The largest absolute Gasteiger partial charge is 0.409 e. The second kappa shape index (κ2) is 6.92. The SMILES string of the molecule is CCCCN(CC)c1c(F)cc(C(N)=NO)cc1F. The van der Waals surface area contributed by atoms with Gasteiger partial charge in [-0.15, -0.1) is 0 Å². The molecule has 0 bridgehead atoms. The number of hydrogen-bond acceptors (Lipinski definition) is 3. The van der Waals surface area contributed by atoms with E-state index in [0.29, 0.717) is 13.1 Å². The first-order valence-electron chi connectivity index (χ1n) is 6.27. The summed E-state index contributed by atoms with van der Waals surface area (Å²) in [7, 11) is 0. The molecule has 0 fully saturated rings. The molecule has 3 N–H and O–H groups in total. The maximum atomic E-state index is 14.0. The van der Waals surface area contributed by atoms with Gasteiger partial charge in [-0.3, -0.25) is 0 Å². The van der Waals surface area contributed by atoms with Gasteiger partial charge in [0.05, 0.1) is 0 Å². The number of hydrogen-bond donors (Lipinski definition) is 2. The molecule has 0 atom stereocenters. The average Bonchev–Trinajstić information content (AvgIpc) is 2.40. The van der Waals surface area contributed by atoms with Crippen molar-refractivity contribution in [2.45, 2.75) is 26.7 Å². The molecule has 1 aromatic carbocycles. The van der Waals surface area contributed by atoms with E-state index in [9.17, 15) is 8.78 Å². The molecule has 1 rings (SSSR count). The van der Waals surface area contributed by atoms with E-state index in [0.717, 1.165) is 25.0 Å². The summed E-state index contributed by atoms with van der Waals surface area (Å²) in [6.07, 6.45) is 1.80. The first-order valence-corrected chi connectivity index (χ1v) is 6.27. The van der Waals surface area contributed by atoms with Crippen LogP contribution >= 0.6 is 0 Å². The molecular weight excluding hydrogens is 252 g/mol. The fourth-order valence-electron chi connectivity index (χ4n) is 1.85. The smallest absolute Gasteiger partial charge is 0.170 e. The molecule has 106 valence electrons. The molecule has 0 saturated carbocycles. The van der Waals surface area contributed by atoms with Gasteiger partial charge >= 0.3 is 0 Å². The lowest BCUT2D eigenvalue weighted by Crippen LogP contribution is -2.26. The van der Waals surface area contributed by atoms with Crippen LogP contribution in [0, 0.1) is 11.6 Å². The Balaban J connectivity index is 3.14. The summed E-state index contributed by atoms with van der Waals surface area (Å²) >= 11 is 0. The van der Waals surface area contributed by atoms with Gasteiger partial charge in [0, 0.05) is 18.7 Å². The third-order valence-electron chi connectivity index (χ3n) is 2.90. The van der Waals surface area contributed by atoms with Gasteiger partial charge in [0.2, 0.25) is 0 Å². The number of unbranched alkanes of at least 4 members (excludes halogenated alkanes) is 1. The summed E-state index contributed by atoms with van der Waals surface area (Å²) in [6, 6.07) is 2.14. The summed E-state index contributed by atoms with van der Waals surface area (Å²) in [5.74, 6) is -1.74. The molecule has 0 amide bonds. The Kier molecular flexibility index (Phi) is 5.54. The molecule has 0 aliphatic heterocycles. The Labute approximate surface area is 111 Å². The Hall–Kier alpha value is -1.85. The molecule has 4 nitrogen and oxygen atoms in total. The van der Waals surface area contributed by atoms with Gasteiger partial charge in [0.25, 0.3) is 0 Å². The highest BCUT2D eigenvalue weighted by atomic mass is 19.1. The zero-order chi connectivity index (χ0) is 14.4. The van der Waals surface area contributed by atoms with Crippen molar-refractivity contribution in [1.29, 1.82) is 0 Å². The summed E-state index contributed by atoms with van der Waals surface area (Å²) in [6.45, 7) is 4.95. The highest BCUT2D eigenvalue weighted by Gasteiger charge is 2.17. The number of oxime groups is 1. The quantitative estimate of drug-likeness (QED) is 0.362. The Morgan fingerprint density at radius 3 is 2.32 bits per heavy atom. The number of rotatable bonds is 6. The topological polar surface area (TPSA) is 61.8 Å². The Morgan fingerprint density at radius 2 is 1.89 bits per heavy atom.